The smallest absolute Gasteiger partial charge is 0.312 e. The number of esters is 1. The summed E-state index contributed by atoms with van der Waals surface area (Å²) < 4.78 is 36.9. The Bertz CT molecular complexity index is 2670. The SMILES string of the molecule is CO[C@H]1/C=C/O[C@@]2(C)Oc3c(C)c(=O)c4c(O)c(c5oc6cc(OCCN(C)C)cc(SC)c6nc5c4c3C2=O)NC(=O)/C(C)=C\C=C\[C@H](C)[C@H](O)[C@@H](C)[C@@H](C)[C@@H](C)[C@H](OC(C)=O)[C@@H]1C. The van der Waals surface area contributed by atoms with Gasteiger partial charge in [0, 0.05) is 66.8 Å². The van der Waals surface area contributed by atoms with Gasteiger partial charge in [-0.3, -0.25) is 19.2 Å². The number of hydrogen-bond donors (Lipinski definition) is 3. The van der Waals surface area contributed by atoms with Crippen molar-refractivity contribution in [3.05, 3.63) is 69.6 Å². The Kier molecular flexibility index (Phi) is 14.8. The second-order valence-electron chi connectivity index (χ2n) is 17.7. The first-order valence-electron chi connectivity index (χ1n) is 21.7. The van der Waals surface area contributed by atoms with E-state index in [1.54, 1.807) is 37.3 Å². The van der Waals surface area contributed by atoms with Crippen LogP contribution in [-0.4, -0.2) is 102 Å². The Hall–Kier alpha value is -5.42. The van der Waals surface area contributed by atoms with Gasteiger partial charge in [-0.1, -0.05) is 52.8 Å². The number of nitrogens with one attached hydrogen (secondary N) is 1. The Morgan fingerprint density at radius 1 is 1.00 bits per heavy atom. The summed E-state index contributed by atoms with van der Waals surface area (Å²) in [6, 6.07) is 3.47. The highest BCUT2D eigenvalue weighted by atomic mass is 32.2. The van der Waals surface area contributed by atoms with Gasteiger partial charge in [-0.25, -0.2) is 4.98 Å². The highest BCUT2D eigenvalue weighted by Gasteiger charge is 2.49. The molecule has 4 bridgehead atoms. The Balaban J connectivity index is 1.61. The number of aromatic hydroxyl groups is 1. The maximum atomic E-state index is 14.8. The third-order valence-corrected chi connectivity index (χ3v) is 13.7. The third-order valence-electron chi connectivity index (χ3n) is 13.0. The number of fused-ring (bicyclic) bond motifs is 2. The molecular weight excluding hydrogens is 855 g/mol. The molecule has 6 rings (SSSR count). The molecular formula is C49H61N3O12S. The number of phenolic OH excluding ortho intramolecular Hbond substituents is 1. The number of aromatic nitrogens is 1. The summed E-state index contributed by atoms with van der Waals surface area (Å²) >= 11 is 1.38. The molecule has 3 heterocycles. The number of ether oxygens (including phenoxy) is 5. The van der Waals surface area contributed by atoms with E-state index in [1.807, 2.05) is 65.9 Å². The van der Waals surface area contributed by atoms with Crippen LogP contribution >= 0.6 is 11.8 Å². The first-order chi connectivity index (χ1) is 30.6. The number of nitrogens with zero attached hydrogens (tertiary/aromatic N) is 2. The lowest BCUT2D eigenvalue weighted by atomic mass is 9.73. The van der Waals surface area contributed by atoms with E-state index < -0.39 is 58.9 Å². The zero-order valence-electron chi connectivity index (χ0n) is 39.4. The fourth-order valence-corrected chi connectivity index (χ4v) is 9.23. The molecule has 0 aliphatic carbocycles. The largest absolute Gasteiger partial charge is 0.505 e. The molecule has 1 aromatic heterocycles. The molecule has 16 heteroatoms. The summed E-state index contributed by atoms with van der Waals surface area (Å²) in [6.45, 7) is 16.5. The number of methoxy groups -OCH3 is 1. The van der Waals surface area contributed by atoms with E-state index in [1.165, 1.54) is 45.9 Å². The molecule has 65 heavy (non-hydrogen) atoms. The summed E-state index contributed by atoms with van der Waals surface area (Å²) in [5.74, 6) is -5.46. The number of likely N-dealkylation sites (N-methyl/N-ethyl adjacent to an activating group) is 1. The maximum absolute atomic E-state index is 14.8. The molecule has 2 aliphatic rings. The van der Waals surface area contributed by atoms with Crippen molar-refractivity contribution in [2.24, 2.45) is 29.6 Å². The number of allylic oxidation sites excluding steroid dienone is 2. The first-order valence-corrected chi connectivity index (χ1v) is 23.0. The topological polar surface area (TPSA) is 196 Å². The molecule has 4 aromatic rings. The monoisotopic (exact) mass is 915 g/mol. The molecule has 3 aromatic carbocycles. The Labute approximate surface area is 383 Å². The molecule has 3 N–H and O–H groups in total. The number of thioether (sulfide) groups is 1. The van der Waals surface area contributed by atoms with E-state index in [0.29, 0.717) is 29.3 Å². The second-order valence-corrected chi connectivity index (χ2v) is 18.6. The summed E-state index contributed by atoms with van der Waals surface area (Å²) in [6.07, 6.45) is 7.62. The number of anilines is 1. The molecule has 2 aliphatic heterocycles. The second kappa shape index (κ2) is 19.6. The predicted octanol–water partition coefficient (Wildman–Crippen LogP) is 7.94. The number of amides is 1. The van der Waals surface area contributed by atoms with E-state index in [0.717, 1.165) is 0 Å². The number of ketones is 1. The number of rotatable bonds is 7. The van der Waals surface area contributed by atoms with Gasteiger partial charge in [0.25, 0.3) is 11.7 Å². The number of carbonyl (C=O) groups excluding carboxylic acids is 3. The highest BCUT2D eigenvalue weighted by molar-refractivity contribution is 7.98. The minimum Gasteiger partial charge on any atom is -0.505 e. The van der Waals surface area contributed by atoms with Crippen molar-refractivity contribution >= 4 is 68.1 Å². The van der Waals surface area contributed by atoms with Gasteiger partial charge >= 0.3 is 11.8 Å². The number of hydrogen-bond acceptors (Lipinski definition) is 15. The quantitative estimate of drug-likeness (QED) is 0.0531. The lowest BCUT2D eigenvalue weighted by Gasteiger charge is -2.39. The van der Waals surface area contributed by atoms with E-state index in [4.69, 9.17) is 33.1 Å². The van der Waals surface area contributed by atoms with Crippen LogP contribution in [0.4, 0.5) is 5.69 Å². The summed E-state index contributed by atoms with van der Waals surface area (Å²) in [7, 11) is 5.38. The predicted molar refractivity (Wildman–Crippen MR) is 251 cm³/mol. The number of carbonyl (C=O) groups is 3. The zero-order valence-corrected chi connectivity index (χ0v) is 40.2. The molecule has 15 nitrogen and oxygen atoms in total. The van der Waals surface area contributed by atoms with Crippen LogP contribution in [0.15, 0.2) is 62.4 Å². The van der Waals surface area contributed by atoms with Gasteiger partial charge in [0.2, 0.25) is 0 Å². The van der Waals surface area contributed by atoms with E-state index >= 15 is 0 Å². The van der Waals surface area contributed by atoms with E-state index in [2.05, 4.69) is 5.32 Å². The van der Waals surface area contributed by atoms with Crippen LogP contribution in [0.1, 0.15) is 71.3 Å². The van der Waals surface area contributed by atoms with Gasteiger partial charge in [0.15, 0.2) is 22.3 Å². The molecule has 0 saturated carbocycles. The van der Waals surface area contributed by atoms with Crippen LogP contribution in [0.2, 0.25) is 0 Å². The van der Waals surface area contributed by atoms with Crippen molar-refractivity contribution in [1.82, 2.24) is 9.88 Å². The minimum absolute atomic E-state index is 0.00307. The van der Waals surface area contributed by atoms with Crippen molar-refractivity contribution in [3.63, 3.8) is 0 Å². The van der Waals surface area contributed by atoms with Gasteiger partial charge in [0.05, 0.1) is 29.4 Å². The fraction of sp³-hybridized carbons (Fsp3) is 0.490. The maximum Gasteiger partial charge on any atom is 0.312 e. The van der Waals surface area contributed by atoms with E-state index in [-0.39, 0.29) is 79.3 Å². The number of Topliss-reactive ketones (excluding diaryl/α,β-unsaturated/α-hetero) is 1. The molecule has 9 atom stereocenters. The normalized spacial score (nSPS) is 28.5. The first kappa shape index (κ1) is 49.0. The van der Waals surface area contributed by atoms with Crippen molar-refractivity contribution < 1.29 is 52.7 Å². The lowest BCUT2D eigenvalue weighted by molar-refractivity contribution is -0.157. The van der Waals surface area contributed by atoms with Gasteiger partial charge in [-0.15, -0.1) is 11.8 Å². The Morgan fingerprint density at radius 3 is 2.35 bits per heavy atom. The van der Waals surface area contributed by atoms with Crippen molar-refractivity contribution in [2.45, 2.75) is 91.3 Å². The molecule has 0 fully saturated rings. The Morgan fingerprint density at radius 2 is 1.71 bits per heavy atom. The van der Waals surface area contributed by atoms with Crippen molar-refractivity contribution in [2.75, 3.05) is 45.9 Å². The number of aliphatic hydroxyl groups excluding tert-OH is 1. The lowest BCUT2D eigenvalue weighted by Crippen LogP contribution is -2.43. The molecule has 0 unspecified atom stereocenters. The molecule has 0 radical (unpaired) electrons. The van der Waals surface area contributed by atoms with Crippen LogP contribution in [0, 0.1) is 36.5 Å². The molecule has 0 saturated heterocycles. The highest BCUT2D eigenvalue weighted by Crippen LogP contribution is 2.49. The number of phenols is 1. The van der Waals surface area contributed by atoms with Crippen LogP contribution in [0.3, 0.4) is 0 Å². The summed E-state index contributed by atoms with van der Waals surface area (Å²) in [5.41, 5.74) is -0.240. The zero-order chi connectivity index (χ0) is 47.8. The number of benzene rings is 3. The molecule has 0 spiro atoms. The summed E-state index contributed by atoms with van der Waals surface area (Å²) in [4.78, 5) is 63.5. The van der Waals surface area contributed by atoms with Crippen molar-refractivity contribution in [1.29, 1.82) is 0 Å². The van der Waals surface area contributed by atoms with Crippen LogP contribution in [0.25, 0.3) is 33.0 Å². The van der Waals surface area contributed by atoms with Gasteiger partial charge in [0.1, 0.15) is 40.9 Å². The summed E-state index contributed by atoms with van der Waals surface area (Å²) in [5, 5.41) is 26.2. The minimum atomic E-state index is -2.01. The average molecular weight is 916 g/mol. The van der Waals surface area contributed by atoms with Crippen molar-refractivity contribution in [3.8, 4) is 17.2 Å². The third kappa shape index (κ3) is 9.49. The molecule has 350 valence electrons. The number of aliphatic hydroxyl groups is 1. The standard InChI is InChI=1S/C49H61N3O12S/c1-23-15-14-16-24(2)48(58)51-40-43(56)36-35(39-46(40)63-33-21-31(60-20-18-52(10)11)22-34(65-13)38(33)50-39)37-45(29(7)42(36)55)64-49(9,47(37)57)61-19-17-32(59-12)28(6)44(62-30(8)53)27(5)25(3)26(4)41(23)54/h14-17,19,21-23,25-28,32,41,44,54,56H,18,20H2,1-13H3,(H,51,58)/b15-14+,19-17+,24-16-/t23-,25+,26-,27+,28+,32-,41-,44-,49-/m0/s1. The van der Waals surface area contributed by atoms with Crippen LogP contribution in [0.5, 0.6) is 17.2 Å². The molecule has 1 amide bonds. The average Bonchev–Trinajstić information content (AvgIpc) is 3.53. The van der Waals surface area contributed by atoms with Gasteiger partial charge in [-0.2, -0.15) is 0 Å². The van der Waals surface area contributed by atoms with E-state index in [9.17, 15) is 29.4 Å². The van der Waals surface area contributed by atoms with Gasteiger partial charge in [-0.05, 0) is 64.1 Å². The van der Waals surface area contributed by atoms with Crippen LogP contribution < -0.4 is 20.2 Å². The van der Waals surface area contributed by atoms with Gasteiger partial charge < -0.3 is 48.5 Å². The fourth-order valence-electron chi connectivity index (χ4n) is 8.65. The van der Waals surface area contributed by atoms with Crippen LogP contribution in [-0.2, 0) is 23.8 Å².